The maximum atomic E-state index is 13.0. The molecule has 1 aromatic carbocycles. The lowest BCUT2D eigenvalue weighted by molar-refractivity contribution is -0.149. The van der Waals surface area contributed by atoms with E-state index in [2.05, 4.69) is 0 Å². The van der Waals surface area contributed by atoms with Crippen LogP contribution >= 0.6 is 0 Å². The fourth-order valence-electron chi connectivity index (χ4n) is 3.40. The van der Waals surface area contributed by atoms with Crippen molar-refractivity contribution in [2.45, 2.75) is 32.2 Å². The first kappa shape index (κ1) is 17.4. The first-order valence-corrected chi connectivity index (χ1v) is 9.92. The highest BCUT2D eigenvalue weighted by atomic mass is 32.2. The van der Waals surface area contributed by atoms with Gasteiger partial charge in [-0.15, -0.1) is 0 Å². The molecule has 0 aromatic heterocycles. The molecule has 6 nitrogen and oxygen atoms in total. The molecule has 0 amide bonds. The van der Waals surface area contributed by atoms with E-state index in [1.54, 1.807) is 11.2 Å². The number of benzene rings is 1. The Morgan fingerprint density at radius 3 is 2.58 bits per heavy atom. The Bertz CT molecular complexity index is 677. The molecule has 2 aliphatic heterocycles. The van der Waals surface area contributed by atoms with Gasteiger partial charge in [-0.1, -0.05) is 30.3 Å². The monoisotopic (exact) mass is 352 g/mol. The van der Waals surface area contributed by atoms with Gasteiger partial charge in [-0.3, -0.25) is 4.79 Å². The van der Waals surface area contributed by atoms with Crippen LogP contribution in [0.5, 0.6) is 0 Å². The van der Waals surface area contributed by atoms with E-state index in [1.165, 1.54) is 4.31 Å². The van der Waals surface area contributed by atoms with E-state index >= 15 is 0 Å². The van der Waals surface area contributed by atoms with Gasteiger partial charge >= 0.3 is 5.97 Å². The average Bonchev–Trinajstić information content (AvgIpc) is 2.55. The molecule has 132 valence electrons. The molecular formula is C17H24N2O4S. The third kappa shape index (κ3) is 3.34. The molecule has 24 heavy (non-hydrogen) atoms. The van der Waals surface area contributed by atoms with Gasteiger partial charge in [-0.25, -0.2) is 0 Å². The van der Waals surface area contributed by atoms with E-state index in [1.807, 2.05) is 30.3 Å². The summed E-state index contributed by atoms with van der Waals surface area (Å²) in [6.07, 6.45) is 2.21. The largest absolute Gasteiger partial charge is 0.466 e. The summed E-state index contributed by atoms with van der Waals surface area (Å²) in [5.41, 5.74) is 1.02. The molecule has 0 radical (unpaired) electrons. The normalized spacial score (nSPS) is 25.9. The van der Waals surface area contributed by atoms with Crippen LogP contribution in [0.4, 0.5) is 0 Å². The first-order chi connectivity index (χ1) is 11.5. The van der Waals surface area contributed by atoms with Crippen LogP contribution in [0.1, 0.15) is 37.8 Å². The Balaban J connectivity index is 1.72. The van der Waals surface area contributed by atoms with E-state index in [-0.39, 0.29) is 24.5 Å². The van der Waals surface area contributed by atoms with Gasteiger partial charge in [-0.2, -0.15) is 17.0 Å². The topological polar surface area (TPSA) is 66.9 Å². The number of nitrogens with zero attached hydrogens (tertiary/aromatic N) is 2. The zero-order chi connectivity index (χ0) is 17.2. The summed E-state index contributed by atoms with van der Waals surface area (Å²) in [4.78, 5) is 12.0. The molecule has 0 saturated carbocycles. The molecule has 2 unspecified atom stereocenters. The third-order valence-corrected chi connectivity index (χ3v) is 6.80. The molecule has 2 heterocycles. The molecule has 2 saturated heterocycles. The predicted molar refractivity (Wildman–Crippen MR) is 90.4 cm³/mol. The molecule has 0 bridgehead atoms. The second-order valence-corrected chi connectivity index (χ2v) is 8.16. The summed E-state index contributed by atoms with van der Waals surface area (Å²) in [6, 6.07) is 9.61. The number of ether oxygens (including phenoxy) is 1. The van der Waals surface area contributed by atoms with Crippen LogP contribution in [0.2, 0.25) is 0 Å². The Kier molecular flexibility index (Phi) is 5.22. The van der Waals surface area contributed by atoms with Crippen LogP contribution in [0.15, 0.2) is 30.3 Å². The number of piperidine rings is 1. The molecule has 1 aromatic rings. The van der Waals surface area contributed by atoms with Gasteiger partial charge in [0.1, 0.15) is 0 Å². The van der Waals surface area contributed by atoms with Crippen molar-refractivity contribution in [2.24, 2.45) is 5.92 Å². The maximum Gasteiger partial charge on any atom is 0.310 e. The van der Waals surface area contributed by atoms with E-state index in [0.717, 1.165) is 12.0 Å². The number of hydrogen-bond donors (Lipinski definition) is 0. The van der Waals surface area contributed by atoms with Crippen molar-refractivity contribution in [3.05, 3.63) is 35.9 Å². The fourth-order valence-corrected chi connectivity index (χ4v) is 5.31. The standard InChI is InChI=1S/C17H24N2O4S/c1-2-23-17(20)15-9-6-11-18(13-15)24(21,22)19-12-10-16(19)14-7-4-3-5-8-14/h3-5,7-8,15-16H,2,6,9-13H2,1H3. The van der Waals surface area contributed by atoms with Gasteiger partial charge < -0.3 is 4.74 Å². The van der Waals surface area contributed by atoms with E-state index in [9.17, 15) is 13.2 Å². The summed E-state index contributed by atoms with van der Waals surface area (Å²) >= 11 is 0. The van der Waals surface area contributed by atoms with Crippen LogP contribution in [0, 0.1) is 5.92 Å². The van der Waals surface area contributed by atoms with Gasteiger partial charge in [0.2, 0.25) is 0 Å². The zero-order valence-corrected chi connectivity index (χ0v) is 14.7. The number of rotatable bonds is 5. The van der Waals surface area contributed by atoms with Gasteiger partial charge in [0.05, 0.1) is 18.6 Å². The molecule has 0 spiro atoms. The molecule has 7 heteroatoms. The summed E-state index contributed by atoms with van der Waals surface area (Å²) < 4.78 is 34.0. The smallest absolute Gasteiger partial charge is 0.310 e. The van der Waals surface area contributed by atoms with Gasteiger partial charge in [0, 0.05) is 19.6 Å². The summed E-state index contributed by atoms with van der Waals surface area (Å²) in [7, 11) is -3.55. The van der Waals surface area contributed by atoms with Crippen LogP contribution in [-0.4, -0.2) is 49.2 Å². The SMILES string of the molecule is CCOC(=O)C1CCCN(S(=O)(=O)N2CCC2c2ccccc2)C1. The van der Waals surface area contributed by atoms with Crippen LogP contribution in [0.3, 0.4) is 0 Å². The van der Waals surface area contributed by atoms with E-state index in [4.69, 9.17) is 4.74 Å². The van der Waals surface area contributed by atoms with Crippen LogP contribution in [0.25, 0.3) is 0 Å². The van der Waals surface area contributed by atoms with Crippen molar-refractivity contribution < 1.29 is 17.9 Å². The van der Waals surface area contributed by atoms with Gasteiger partial charge in [0.25, 0.3) is 10.2 Å². The minimum Gasteiger partial charge on any atom is -0.466 e. The second-order valence-electron chi connectivity index (χ2n) is 6.28. The molecule has 0 aliphatic carbocycles. The molecule has 2 atom stereocenters. The van der Waals surface area contributed by atoms with E-state index in [0.29, 0.717) is 32.5 Å². The highest BCUT2D eigenvalue weighted by Crippen LogP contribution is 2.37. The van der Waals surface area contributed by atoms with Crippen molar-refractivity contribution in [1.29, 1.82) is 0 Å². The molecule has 0 N–H and O–H groups in total. The molecule has 2 fully saturated rings. The van der Waals surface area contributed by atoms with Crippen molar-refractivity contribution >= 4 is 16.2 Å². The lowest BCUT2D eigenvalue weighted by atomic mass is 9.98. The van der Waals surface area contributed by atoms with Crippen molar-refractivity contribution in [3.63, 3.8) is 0 Å². The first-order valence-electron chi connectivity index (χ1n) is 8.52. The minimum absolute atomic E-state index is 0.0980. The minimum atomic E-state index is -3.55. The summed E-state index contributed by atoms with van der Waals surface area (Å²) in [5, 5.41) is 0. The highest BCUT2D eigenvalue weighted by molar-refractivity contribution is 7.86. The summed E-state index contributed by atoms with van der Waals surface area (Å²) in [5.74, 6) is -0.648. The maximum absolute atomic E-state index is 13.0. The van der Waals surface area contributed by atoms with E-state index < -0.39 is 10.2 Å². The summed E-state index contributed by atoms with van der Waals surface area (Å²) in [6.45, 7) is 3.31. The van der Waals surface area contributed by atoms with Crippen molar-refractivity contribution in [2.75, 3.05) is 26.2 Å². The number of hydrogen-bond acceptors (Lipinski definition) is 4. The molecular weight excluding hydrogens is 328 g/mol. The Morgan fingerprint density at radius 1 is 1.21 bits per heavy atom. The Labute approximate surface area is 143 Å². The quantitative estimate of drug-likeness (QED) is 0.760. The lowest BCUT2D eigenvalue weighted by Crippen LogP contribution is -2.54. The fraction of sp³-hybridized carbons (Fsp3) is 0.588. The second kappa shape index (κ2) is 7.21. The van der Waals surface area contributed by atoms with Crippen LogP contribution < -0.4 is 0 Å². The third-order valence-electron chi connectivity index (χ3n) is 4.78. The number of carbonyl (C=O) groups is 1. The van der Waals surface area contributed by atoms with Crippen molar-refractivity contribution in [1.82, 2.24) is 8.61 Å². The predicted octanol–water partition coefficient (Wildman–Crippen LogP) is 1.95. The molecule has 3 rings (SSSR count). The van der Waals surface area contributed by atoms with Crippen LogP contribution in [-0.2, 0) is 19.7 Å². The number of esters is 1. The van der Waals surface area contributed by atoms with Gasteiger partial charge in [-0.05, 0) is 31.7 Å². The number of carbonyl (C=O) groups excluding carboxylic acids is 1. The average molecular weight is 352 g/mol. The Hall–Kier alpha value is -1.44. The Morgan fingerprint density at radius 2 is 1.96 bits per heavy atom. The highest BCUT2D eigenvalue weighted by Gasteiger charge is 2.43. The van der Waals surface area contributed by atoms with Crippen molar-refractivity contribution in [3.8, 4) is 0 Å². The lowest BCUT2D eigenvalue weighted by Gasteiger charge is -2.44. The molecule has 2 aliphatic rings. The van der Waals surface area contributed by atoms with Gasteiger partial charge in [0.15, 0.2) is 0 Å². The zero-order valence-electron chi connectivity index (χ0n) is 13.9.